The SMILES string of the molecule is CC(C)O.COc1ccccc1CCc1cn(C(C)(C)C(=O)O)c(=O)c2c(C)c(-c3ncco3)[nH]c12. The fourth-order valence-electron chi connectivity index (χ4n) is 3.95. The summed E-state index contributed by atoms with van der Waals surface area (Å²) in [6.07, 6.45) is 5.70. The summed E-state index contributed by atoms with van der Waals surface area (Å²) < 4.78 is 12.2. The number of hydrogen-bond acceptors (Lipinski definition) is 6. The molecule has 0 aliphatic heterocycles. The number of para-hydroxylation sites is 1. The molecule has 0 bridgehead atoms. The van der Waals surface area contributed by atoms with Gasteiger partial charge in [-0.25, -0.2) is 9.78 Å². The van der Waals surface area contributed by atoms with Gasteiger partial charge in [-0.1, -0.05) is 18.2 Å². The number of nitrogens with one attached hydrogen (secondary N) is 1. The minimum Gasteiger partial charge on any atom is -0.496 e. The van der Waals surface area contributed by atoms with Gasteiger partial charge in [0.15, 0.2) is 0 Å². The zero-order chi connectivity index (χ0) is 26.6. The van der Waals surface area contributed by atoms with Crippen molar-refractivity contribution in [3.05, 3.63) is 70.0 Å². The summed E-state index contributed by atoms with van der Waals surface area (Å²) in [7, 11) is 1.63. The number of rotatable bonds is 7. The number of aliphatic carboxylic acids is 1. The second-order valence-electron chi connectivity index (χ2n) is 9.31. The zero-order valence-electron chi connectivity index (χ0n) is 21.5. The van der Waals surface area contributed by atoms with Crippen LogP contribution in [0.5, 0.6) is 5.75 Å². The van der Waals surface area contributed by atoms with E-state index in [9.17, 15) is 14.7 Å². The normalized spacial score (nSPS) is 11.4. The van der Waals surface area contributed by atoms with Crippen molar-refractivity contribution in [2.45, 2.75) is 59.1 Å². The van der Waals surface area contributed by atoms with Crippen LogP contribution in [0.3, 0.4) is 0 Å². The number of carboxylic acid groups (broad SMARTS) is 1. The van der Waals surface area contributed by atoms with Crippen LogP contribution < -0.4 is 10.3 Å². The van der Waals surface area contributed by atoms with Crippen molar-refractivity contribution < 1.29 is 24.2 Å². The van der Waals surface area contributed by atoms with E-state index in [0.29, 0.717) is 40.9 Å². The molecule has 3 heterocycles. The Balaban J connectivity index is 0.000000840. The van der Waals surface area contributed by atoms with Crippen molar-refractivity contribution in [1.82, 2.24) is 14.5 Å². The number of methoxy groups -OCH3 is 1. The lowest BCUT2D eigenvalue weighted by Crippen LogP contribution is -2.42. The molecule has 3 aromatic heterocycles. The van der Waals surface area contributed by atoms with E-state index in [2.05, 4.69) is 9.97 Å². The quantitative estimate of drug-likeness (QED) is 0.348. The number of fused-ring (bicyclic) bond motifs is 1. The molecule has 4 aromatic rings. The zero-order valence-corrected chi connectivity index (χ0v) is 21.5. The van der Waals surface area contributed by atoms with E-state index >= 15 is 0 Å². The molecule has 9 nitrogen and oxygen atoms in total. The van der Waals surface area contributed by atoms with Crippen molar-refractivity contribution in [3.63, 3.8) is 0 Å². The summed E-state index contributed by atoms with van der Waals surface area (Å²) >= 11 is 0. The number of carboxylic acids is 1. The third kappa shape index (κ3) is 5.36. The largest absolute Gasteiger partial charge is 0.496 e. The molecular weight excluding hydrogens is 462 g/mol. The van der Waals surface area contributed by atoms with Gasteiger partial charge in [0.05, 0.1) is 24.2 Å². The van der Waals surface area contributed by atoms with Crippen LogP contribution in [-0.4, -0.2) is 43.9 Å². The van der Waals surface area contributed by atoms with E-state index in [1.807, 2.05) is 31.2 Å². The van der Waals surface area contributed by atoms with Gasteiger partial charge in [0.1, 0.15) is 23.2 Å². The number of aryl methyl sites for hydroxylation is 3. The van der Waals surface area contributed by atoms with Gasteiger partial charge < -0.3 is 24.4 Å². The highest BCUT2D eigenvalue weighted by Gasteiger charge is 2.32. The van der Waals surface area contributed by atoms with Gasteiger partial charge in [-0.05, 0) is 70.2 Å². The van der Waals surface area contributed by atoms with Gasteiger partial charge >= 0.3 is 5.97 Å². The van der Waals surface area contributed by atoms with Gasteiger partial charge in [0.2, 0.25) is 5.89 Å². The molecule has 192 valence electrons. The van der Waals surface area contributed by atoms with E-state index < -0.39 is 11.5 Å². The summed E-state index contributed by atoms with van der Waals surface area (Å²) in [4.78, 5) is 32.9. The molecule has 0 radical (unpaired) electrons. The fraction of sp³-hybridized carbons (Fsp3) is 0.370. The van der Waals surface area contributed by atoms with E-state index in [-0.39, 0.29) is 11.7 Å². The first-order chi connectivity index (χ1) is 17.0. The maximum Gasteiger partial charge on any atom is 0.329 e. The predicted octanol–water partition coefficient (Wildman–Crippen LogP) is 4.29. The number of pyridine rings is 1. The van der Waals surface area contributed by atoms with Crippen molar-refractivity contribution in [2.75, 3.05) is 7.11 Å². The van der Waals surface area contributed by atoms with Gasteiger partial charge in [-0.2, -0.15) is 0 Å². The Morgan fingerprint density at radius 3 is 2.44 bits per heavy atom. The van der Waals surface area contributed by atoms with Crippen LogP contribution in [0.1, 0.15) is 44.4 Å². The van der Waals surface area contributed by atoms with Gasteiger partial charge in [0, 0.05) is 12.3 Å². The molecule has 0 saturated heterocycles. The van der Waals surface area contributed by atoms with E-state index in [0.717, 1.165) is 16.9 Å². The van der Waals surface area contributed by atoms with Gasteiger partial charge in [-0.3, -0.25) is 9.36 Å². The summed E-state index contributed by atoms with van der Waals surface area (Å²) in [5.74, 6) is 0.0691. The number of carbonyl (C=O) groups is 1. The third-order valence-electron chi connectivity index (χ3n) is 5.92. The van der Waals surface area contributed by atoms with Crippen LogP contribution in [0.15, 0.2) is 52.1 Å². The van der Waals surface area contributed by atoms with Crippen molar-refractivity contribution in [1.29, 1.82) is 0 Å². The topological polar surface area (TPSA) is 131 Å². The lowest BCUT2D eigenvalue weighted by atomic mass is 10.00. The van der Waals surface area contributed by atoms with Crippen LogP contribution in [0.2, 0.25) is 0 Å². The first kappa shape index (κ1) is 26.7. The van der Waals surface area contributed by atoms with Crippen LogP contribution >= 0.6 is 0 Å². The standard InChI is InChI=1S/C24H25N3O5.C3H8O/c1-14-18-20(26-19(14)21-25-11-12-32-21)16(10-9-15-7-5-6-8-17(15)31-4)13-27(22(18)28)24(2,3)23(29)30;1-3(2)4/h5-8,11-13,26H,9-10H2,1-4H3,(H,29,30);3-4H,1-2H3. The van der Waals surface area contributed by atoms with E-state index in [4.69, 9.17) is 14.3 Å². The Morgan fingerprint density at radius 2 is 1.86 bits per heavy atom. The monoisotopic (exact) mass is 495 g/mol. The van der Waals surface area contributed by atoms with Crippen molar-refractivity contribution in [2.24, 2.45) is 0 Å². The predicted molar refractivity (Wildman–Crippen MR) is 138 cm³/mol. The van der Waals surface area contributed by atoms with Crippen molar-refractivity contribution in [3.8, 4) is 17.3 Å². The molecule has 0 aliphatic carbocycles. The number of H-pyrrole nitrogens is 1. The molecule has 9 heteroatoms. The number of aliphatic hydroxyl groups excluding tert-OH is 1. The summed E-state index contributed by atoms with van der Waals surface area (Å²) in [5, 5.41) is 18.3. The maximum atomic E-state index is 13.4. The summed E-state index contributed by atoms with van der Waals surface area (Å²) in [6.45, 7) is 8.29. The Labute approximate surface area is 209 Å². The lowest BCUT2D eigenvalue weighted by Gasteiger charge is -2.24. The number of benzene rings is 1. The fourth-order valence-corrected chi connectivity index (χ4v) is 3.95. The maximum absolute atomic E-state index is 13.4. The van der Waals surface area contributed by atoms with Gasteiger partial charge in [-0.15, -0.1) is 0 Å². The van der Waals surface area contributed by atoms with Crippen LogP contribution in [-0.2, 0) is 23.2 Å². The van der Waals surface area contributed by atoms with Crippen LogP contribution in [0.4, 0.5) is 0 Å². The third-order valence-corrected chi connectivity index (χ3v) is 5.92. The number of aromatic nitrogens is 3. The van der Waals surface area contributed by atoms with E-state index in [1.54, 1.807) is 27.2 Å². The second-order valence-corrected chi connectivity index (χ2v) is 9.31. The Kier molecular flexibility index (Phi) is 8.04. The number of aromatic amines is 1. The highest BCUT2D eigenvalue weighted by molar-refractivity contribution is 5.91. The molecule has 0 unspecified atom stereocenters. The molecule has 0 amide bonds. The Hall–Kier alpha value is -3.85. The highest BCUT2D eigenvalue weighted by Crippen LogP contribution is 2.31. The van der Waals surface area contributed by atoms with Crippen molar-refractivity contribution >= 4 is 16.9 Å². The number of aliphatic hydroxyl groups is 1. The molecule has 3 N–H and O–H groups in total. The smallest absolute Gasteiger partial charge is 0.329 e. The minimum atomic E-state index is -1.42. The minimum absolute atomic E-state index is 0.167. The second kappa shape index (κ2) is 10.8. The number of oxazole rings is 1. The summed E-state index contributed by atoms with van der Waals surface area (Å²) in [6, 6.07) is 7.75. The van der Waals surface area contributed by atoms with Crippen LogP contribution in [0.25, 0.3) is 22.5 Å². The molecule has 0 aliphatic rings. The number of ether oxygens (including phenoxy) is 1. The molecule has 0 atom stereocenters. The molecule has 4 rings (SSSR count). The molecule has 0 saturated carbocycles. The first-order valence-corrected chi connectivity index (χ1v) is 11.7. The van der Waals surface area contributed by atoms with Gasteiger partial charge in [0.25, 0.3) is 5.56 Å². The molecule has 36 heavy (non-hydrogen) atoms. The number of hydrogen-bond donors (Lipinski definition) is 3. The molecule has 0 spiro atoms. The summed E-state index contributed by atoms with van der Waals surface area (Å²) in [5.41, 5.74) is 1.98. The molecule has 1 aromatic carbocycles. The molecular formula is C27H33N3O6. The highest BCUT2D eigenvalue weighted by atomic mass is 16.5. The van der Waals surface area contributed by atoms with Crippen LogP contribution in [0, 0.1) is 6.92 Å². The Bertz CT molecular complexity index is 1390. The first-order valence-electron chi connectivity index (χ1n) is 11.7. The lowest BCUT2D eigenvalue weighted by molar-refractivity contribution is -0.145. The average Bonchev–Trinajstić information content (AvgIpc) is 3.46. The van der Waals surface area contributed by atoms with E-state index in [1.165, 1.54) is 30.9 Å². The number of nitrogens with zero attached hydrogens (tertiary/aromatic N) is 2. The Morgan fingerprint density at radius 1 is 1.22 bits per heavy atom. The molecule has 0 fully saturated rings. The average molecular weight is 496 g/mol.